The standard InChI is InChI=1S/C29H34N4O3/c1-36-27-12-5-4-11-26(27)32-17-19-33(20-18-32)29(35)23-13-15-31(16-14-23)21-28(34)30-25-10-6-8-22-7-2-3-9-24(22)25/h2-12,23H,13-21H2,1H3,(H,30,34). The number of nitrogens with one attached hydrogen (secondary N) is 1. The van der Waals surface area contributed by atoms with Gasteiger partial charge in [-0.1, -0.05) is 48.5 Å². The van der Waals surface area contributed by atoms with Gasteiger partial charge in [-0.2, -0.15) is 0 Å². The number of nitrogens with zero attached hydrogens (tertiary/aromatic N) is 3. The molecule has 0 saturated carbocycles. The molecule has 2 aliphatic rings. The van der Waals surface area contributed by atoms with E-state index < -0.39 is 0 Å². The summed E-state index contributed by atoms with van der Waals surface area (Å²) in [5.74, 6) is 1.16. The second-order valence-corrected chi connectivity index (χ2v) is 9.61. The molecule has 2 heterocycles. The van der Waals surface area contributed by atoms with Crippen LogP contribution in [0.2, 0.25) is 0 Å². The van der Waals surface area contributed by atoms with Gasteiger partial charge in [0.05, 0.1) is 19.3 Å². The zero-order chi connectivity index (χ0) is 24.9. The maximum absolute atomic E-state index is 13.2. The molecule has 0 spiro atoms. The lowest BCUT2D eigenvalue weighted by atomic mass is 9.95. The van der Waals surface area contributed by atoms with Crippen molar-refractivity contribution < 1.29 is 14.3 Å². The predicted octanol–water partition coefficient (Wildman–Crippen LogP) is 3.85. The molecule has 188 valence electrons. The highest BCUT2D eigenvalue weighted by atomic mass is 16.5. The molecule has 0 bridgehead atoms. The number of para-hydroxylation sites is 2. The molecule has 5 rings (SSSR count). The first-order valence-electron chi connectivity index (χ1n) is 12.8. The summed E-state index contributed by atoms with van der Waals surface area (Å²) in [6.45, 7) is 4.94. The Balaban J connectivity index is 1.09. The van der Waals surface area contributed by atoms with E-state index in [4.69, 9.17) is 4.74 Å². The van der Waals surface area contributed by atoms with E-state index in [0.29, 0.717) is 6.54 Å². The number of fused-ring (bicyclic) bond motifs is 1. The van der Waals surface area contributed by atoms with Gasteiger partial charge in [0.2, 0.25) is 11.8 Å². The summed E-state index contributed by atoms with van der Waals surface area (Å²) in [7, 11) is 1.69. The van der Waals surface area contributed by atoms with Crippen LogP contribution < -0.4 is 15.0 Å². The van der Waals surface area contributed by atoms with Gasteiger partial charge in [-0.3, -0.25) is 14.5 Å². The van der Waals surface area contributed by atoms with Crippen LogP contribution in [0.4, 0.5) is 11.4 Å². The first kappa shape index (κ1) is 24.1. The van der Waals surface area contributed by atoms with Gasteiger partial charge < -0.3 is 19.9 Å². The molecule has 2 fully saturated rings. The summed E-state index contributed by atoms with van der Waals surface area (Å²) in [6.07, 6.45) is 1.60. The Labute approximate surface area is 212 Å². The number of benzene rings is 3. The monoisotopic (exact) mass is 486 g/mol. The largest absolute Gasteiger partial charge is 0.495 e. The summed E-state index contributed by atoms with van der Waals surface area (Å²) in [5, 5.41) is 5.23. The summed E-state index contributed by atoms with van der Waals surface area (Å²) < 4.78 is 5.50. The van der Waals surface area contributed by atoms with Crippen molar-refractivity contribution in [2.75, 3.05) is 63.1 Å². The highest BCUT2D eigenvalue weighted by molar-refractivity contribution is 6.02. The van der Waals surface area contributed by atoms with Crippen LogP contribution in [0.5, 0.6) is 5.75 Å². The molecule has 0 atom stereocenters. The van der Waals surface area contributed by atoms with Crippen LogP contribution in [0.25, 0.3) is 10.8 Å². The van der Waals surface area contributed by atoms with Gasteiger partial charge in [-0.25, -0.2) is 0 Å². The number of amides is 2. The van der Waals surface area contributed by atoms with Gasteiger partial charge in [0.1, 0.15) is 5.75 Å². The van der Waals surface area contributed by atoms with Gasteiger partial charge >= 0.3 is 0 Å². The smallest absolute Gasteiger partial charge is 0.238 e. The first-order valence-corrected chi connectivity index (χ1v) is 12.8. The van der Waals surface area contributed by atoms with Crippen molar-refractivity contribution in [3.63, 3.8) is 0 Å². The fourth-order valence-corrected chi connectivity index (χ4v) is 5.38. The van der Waals surface area contributed by atoms with Crippen molar-refractivity contribution in [3.8, 4) is 5.75 Å². The third kappa shape index (κ3) is 5.31. The summed E-state index contributed by atoms with van der Waals surface area (Å²) in [6, 6.07) is 22.1. The number of anilines is 2. The van der Waals surface area contributed by atoms with Crippen LogP contribution in [0, 0.1) is 5.92 Å². The van der Waals surface area contributed by atoms with Gasteiger partial charge in [0.25, 0.3) is 0 Å². The Kier molecular flexibility index (Phi) is 7.37. The van der Waals surface area contributed by atoms with Crippen LogP contribution in [-0.4, -0.2) is 74.5 Å². The quantitative estimate of drug-likeness (QED) is 0.574. The van der Waals surface area contributed by atoms with E-state index in [-0.39, 0.29) is 17.7 Å². The zero-order valence-corrected chi connectivity index (χ0v) is 20.9. The molecule has 0 unspecified atom stereocenters. The molecule has 0 radical (unpaired) electrons. The average Bonchev–Trinajstić information content (AvgIpc) is 2.93. The van der Waals surface area contributed by atoms with Gasteiger partial charge in [-0.05, 0) is 49.5 Å². The van der Waals surface area contributed by atoms with Crippen molar-refractivity contribution in [1.29, 1.82) is 0 Å². The Bertz CT molecular complexity index is 1210. The van der Waals surface area contributed by atoms with Crippen LogP contribution >= 0.6 is 0 Å². The fourth-order valence-electron chi connectivity index (χ4n) is 5.38. The first-order chi connectivity index (χ1) is 17.6. The number of carbonyl (C=O) groups is 2. The van der Waals surface area contributed by atoms with E-state index in [2.05, 4.69) is 21.2 Å². The van der Waals surface area contributed by atoms with Gasteiger partial charge in [0, 0.05) is 43.2 Å². The maximum Gasteiger partial charge on any atom is 0.238 e. The average molecular weight is 487 g/mol. The van der Waals surface area contributed by atoms with Crippen LogP contribution in [-0.2, 0) is 9.59 Å². The third-order valence-corrected chi connectivity index (χ3v) is 7.38. The van der Waals surface area contributed by atoms with Crippen LogP contribution in [0.15, 0.2) is 66.7 Å². The number of hydrogen-bond donors (Lipinski definition) is 1. The van der Waals surface area contributed by atoms with Crippen LogP contribution in [0.1, 0.15) is 12.8 Å². The van der Waals surface area contributed by atoms with Gasteiger partial charge in [-0.15, -0.1) is 0 Å². The number of hydrogen-bond acceptors (Lipinski definition) is 5. The molecule has 0 aromatic heterocycles. The topological polar surface area (TPSA) is 65.1 Å². The molecule has 7 nitrogen and oxygen atoms in total. The van der Waals surface area contributed by atoms with Crippen LogP contribution in [0.3, 0.4) is 0 Å². The molecule has 2 saturated heterocycles. The molecule has 7 heteroatoms. The maximum atomic E-state index is 13.2. The Morgan fingerprint density at radius 3 is 2.33 bits per heavy atom. The van der Waals surface area contributed by atoms with E-state index in [9.17, 15) is 9.59 Å². The molecule has 0 aliphatic carbocycles. The summed E-state index contributed by atoms with van der Waals surface area (Å²) >= 11 is 0. The summed E-state index contributed by atoms with van der Waals surface area (Å²) in [4.78, 5) is 32.4. The normalized spacial score (nSPS) is 17.2. The lowest BCUT2D eigenvalue weighted by molar-refractivity contribution is -0.137. The minimum atomic E-state index is -0.0106. The minimum absolute atomic E-state index is 0.0106. The highest BCUT2D eigenvalue weighted by Crippen LogP contribution is 2.29. The molecule has 2 amide bonds. The molecule has 36 heavy (non-hydrogen) atoms. The zero-order valence-electron chi connectivity index (χ0n) is 20.9. The molecule has 3 aromatic rings. The number of piperidine rings is 1. The van der Waals surface area contributed by atoms with E-state index in [1.807, 2.05) is 65.6 Å². The second-order valence-electron chi connectivity index (χ2n) is 9.61. The molecule has 2 aliphatic heterocycles. The van der Waals surface area contributed by atoms with E-state index in [1.54, 1.807) is 7.11 Å². The molecule has 1 N–H and O–H groups in total. The Morgan fingerprint density at radius 1 is 0.861 bits per heavy atom. The van der Waals surface area contributed by atoms with Crippen molar-refractivity contribution in [1.82, 2.24) is 9.80 Å². The van der Waals surface area contributed by atoms with E-state index in [0.717, 1.165) is 80.0 Å². The summed E-state index contributed by atoms with van der Waals surface area (Å²) in [5.41, 5.74) is 1.93. The van der Waals surface area contributed by atoms with Gasteiger partial charge in [0.15, 0.2) is 0 Å². The highest BCUT2D eigenvalue weighted by Gasteiger charge is 2.31. The lowest BCUT2D eigenvalue weighted by Crippen LogP contribution is -2.52. The van der Waals surface area contributed by atoms with E-state index >= 15 is 0 Å². The third-order valence-electron chi connectivity index (χ3n) is 7.38. The van der Waals surface area contributed by atoms with Crippen molar-refractivity contribution in [3.05, 3.63) is 66.7 Å². The molecule has 3 aromatic carbocycles. The fraction of sp³-hybridized carbons (Fsp3) is 0.379. The number of likely N-dealkylation sites (tertiary alicyclic amines) is 1. The van der Waals surface area contributed by atoms with Crippen molar-refractivity contribution in [2.24, 2.45) is 5.92 Å². The Morgan fingerprint density at radius 2 is 1.56 bits per heavy atom. The lowest BCUT2D eigenvalue weighted by Gasteiger charge is -2.39. The Hall–Kier alpha value is -3.58. The van der Waals surface area contributed by atoms with Crippen molar-refractivity contribution >= 4 is 34.0 Å². The predicted molar refractivity (Wildman–Crippen MR) is 144 cm³/mol. The number of ether oxygens (including phenoxy) is 1. The SMILES string of the molecule is COc1ccccc1N1CCN(C(=O)C2CCN(CC(=O)Nc3cccc4ccccc34)CC2)CC1. The number of rotatable bonds is 6. The molecular weight excluding hydrogens is 452 g/mol. The second kappa shape index (κ2) is 11.0. The molecular formula is C29H34N4O3. The minimum Gasteiger partial charge on any atom is -0.495 e. The number of carbonyl (C=O) groups excluding carboxylic acids is 2. The number of methoxy groups -OCH3 is 1. The van der Waals surface area contributed by atoms with E-state index in [1.165, 1.54) is 0 Å². The van der Waals surface area contributed by atoms with Crippen molar-refractivity contribution in [2.45, 2.75) is 12.8 Å². The number of piperazine rings is 1.